The molecule has 0 aliphatic heterocycles. The first-order valence-electron chi connectivity index (χ1n) is 4.42. The zero-order valence-corrected chi connectivity index (χ0v) is 8.25. The number of hydrogen-bond acceptors (Lipinski definition) is 5. The first kappa shape index (κ1) is 11.9. The van der Waals surface area contributed by atoms with Crippen LogP contribution in [0.3, 0.4) is 0 Å². The standard InChI is InChI=1S/C9H11N3O4/c10-5-2-1-3-11-7(5)8(14)12-4-6(13)9(15)16/h1-3,6,13H,4,10H2,(H,12,14)(H,15,16)/t6-/m0/s1. The summed E-state index contributed by atoms with van der Waals surface area (Å²) in [6.07, 6.45) is -0.257. The molecule has 1 rings (SSSR count). The van der Waals surface area contributed by atoms with Gasteiger partial charge >= 0.3 is 5.97 Å². The lowest BCUT2D eigenvalue weighted by molar-refractivity contribution is -0.146. The van der Waals surface area contributed by atoms with Crippen molar-refractivity contribution in [2.75, 3.05) is 12.3 Å². The summed E-state index contributed by atoms with van der Waals surface area (Å²) in [6.45, 7) is -0.399. The summed E-state index contributed by atoms with van der Waals surface area (Å²) in [4.78, 5) is 25.4. The quantitative estimate of drug-likeness (QED) is 0.512. The molecule has 16 heavy (non-hydrogen) atoms. The average Bonchev–Trinajstić information content (AvgIpc) is 2.25. The molecule has 0 aromatic carbocycles. The van der Waals surface area contributed by atoms with Gasteiger partial charge in [0.25, 0.3) is 5.91 Å². The molecule has 0 bridgehead atoms. The molecule has 0 aliphatic carbocycles. The van der Waals surface area contributed by atoms with E-state index in [0.717, 1.165) is 0 Å². The van der Waals surface area contributed by atoms with Crippen LogP contribution in [0.4, 0.5) is 5.69 Å². The Hall–Kier alpha value is -2.15. The third-order valence-corrected chi connectivity index (χ3v) is 1.80. The second-order valence-corrected chi connectivity index (χ2v) is 3.01. The molecule has 0 saturated carbocycles. The third kappa shape index (κ3) is 2.92. The normalized spacial score (nSPS) is 11.8. The summed E-state index contributed by atoms with van der Waals surface area (Å²) >= 11 is 0. The van der Waals surface area contributed by atoms with Crippen LogP contribution < -0.4 is 11.1 Å². The predicted molar refractivity (Wildman–Crippen MR) is 54.6 cm³/mol. The number of carboxylic acid groups (broad SMARTS) is 1. The van der Waals surface area contributed by atoms with Crippen molar-refractivity contribution in [3.05, 3.63) is 24.0 Å². The van der Waals surface area contributed by atoms with E-state index < -0.39 is 24.5 Å². The van der Waals surface area contributed by atoms with Gasteiger partial charge in [0.2, 0.25) is 0 Å². The minimum Gasteiger partial charge on any atom is -0.479 e. The largest absolute Gasteiger partial charge is 0.479 e. The molecule has 1 atom stereocenters. The summed E-state index contributed by atoms with van der Waals surface area (Å²) in [5.41, 5.74) is 5.67. The number of anilines is 1. The highest BCUT2D eigenvalue weighted by Gasteiger charge is 2.16. The van der Waals surface area contributed by atoms with Gasteiger partial charge in [0.05, 0.1) is 12.2 Å². The number of aliphatic hydroxyl groups excluding tert-OH is 1. The summed E-state index contributed by atoms with van der Waals surface area (Å²) in [5, 5.41) is 19.5. The van der Waals surface area contributed by atoms with Gasteiger partial charge in [-0.25, -0.2) is 9.78 Å². The van der Waals surface area contributed by atoms with E-state index in [1.54, 1.807) is 6.07 Å². The maximum absolute atomic E-state index is 11.4. The Morgan fingerprint density at radius 1 is 1.56 bits per heavy atom. The number of aliphatic hydroxyl groups is 1. The molecule has 0 fully saturated rings. The van der Waals surface area contributed by atoms with Crippen LogP contribution in [0.15, 0.2) is 18.3 Å². The van der Waals surface area contributed by atoms with E-state index in [1.165, 1.54) is 12.3 Å². The van der Waals surface area contributed by atoms with Crippen molar-refractivity contribution in [3.8, 4) is 0 Å². The first-order chi connectivity index (χ1) is 7.52. The Bertz CT molecular complexity index is 407. The lowest BCUT2D eigenvalue weighted by atomic mass is 10.2. The summed E-state index contributed by atoms with van der Waals surface area (Å²) in [6, 6.07) is 3.06. The summed E-state index contributed by atoms with van der Waals surface area (Å²) in [5.74, 6) is -2.03. The van der Waals surface area contributed by atoms with Crippen LogP contribution in [-0.2, 0) is 4.79 Å². The van der Waals surface area contributed by atoms with Crippen LogP contribution in [0.2, 0.25) is 0 Å². The minimum atomic E-state index is -1.64. The van der Waals surface area contributed by atoms with Gasteiger partial charge < -0.3 is 21.3 Å². The zero-order valence-electron chi connectivity index (χ0n) is 8.25. The molecule has 7 nitrogen and oxygen atoms in total. The van der Waals surface area contributed by atoms with Crippen molar-refractivity contribution in [3.63, 3.8) is 0 Å². The van der Waals surface area contributed by atoms with Crippen molar-refractivity contribution in [2.24, 2.45) is 0 Å². The number of amides is 1. The number of nitrogens with zero attached hydrogens (tertiary/aromatic N) is 1. The fourth-order valence-electron chi connectivity index (χ4n) is 0.968. The lowest BCUT2D eigenvalue weighted by Gasteiger charge is -2.08. The van der Waals surface area contributed by atoms with Crippen molar-refractivity contribution in [2.45, 2.75) is 6.10 Å². The molecule has 0 spiro atoms. The highest BCUT2D eigenvalue weighted by molar-refractivity contribution is 5.97. The van der Waals surface area contributed by atoms with Crippen molar-refractivity contribution < 1.29 is 19.8 Å². The van der Waals surface area contributed by atoms with Crippen LogP contribution in [0.1, 0.15) is 10.5 Å². The van der Waals surface area contributed by atoms with E-state index in [9.17, 15) is 9.59 Å². The Balaban J connectivity index is 2.60. The van der Waals surface area contributed by atoms with E-state index in [1.807, 2.05) is 0 Å². The van der Waals surface area contributed by atoms with Crippen LogP contribution in [0.25, 0.3) is 0 Å². The van der Waals surface area contributed by atoms with E-state index >= 15 is 0 Å². The fraction of sp³-hybridized carbons (Fsp3) is 0.222. The number of rotatable bonds is 4. The molecule has 0 aliphatic rings. The molecule has 1 aromatic heterocycles. The maximum atomic E-state index is 11.4. The number of nitrogens with one attached hydrogen (secondary N) is 1. The molecule has 1 heterocycles. The highest BCUT2D eigenvalue weighted by atomic mass is 16.4. The molecule has 0 radical (unpaired) electrons. The van der Waals surface area contributed by atoms with Gasteiger partial charge in [-0.05, 0) is 12.1 Å². The Morgan fingerprint density at radius 3 is 2.81 bits per heavy atom. The molecule has 86 valence electrons. The number of aromatic nitrogens is 1. The number of carbonyl (C=O) groups excluding carboxylic acids is 1. The van der Waals surface area contributed by atoms with E-state index in [2.05, 4.69) is 10.3 Å². The Morgan fingerprint density at radius 2 is 2.25 bits per heavy atom. The van der Waals surface area contributed by atoms with E-state index in [4.69, 9.17) is 15.9 Å². The maximum Gasteiger partial charge on any atom is 0.334 e. The van der Waals surface area contributed by atoms with Gasteiger partial charge in [0.15, 0.2) is 11.8 Å². The second-order valence-electron chi connectivity index (χ2n) is 3.01. The van der Waals surface area contributed by atoms with E-state index in [-0.39, 0.29) is 11.4 Å². The fourth-order valence-corrected chi connectivity index (χ4v) is 0.968. The summed E-state index contributed by atoms with van der Waals surface area (Å²) < 4.78 is 0. The lowest BCUT2D eigenvalue weighted by Crippen LogP contribution is -2.37. The molecule has 1 aromatic rings. The minimum absolute atomic E-state index is 0.0000822. The number of nitrogens with two attached hydrogens (primary N) is 1. The van der Waals surface area contributed by atoms with Gasteiger partial charge in [0, 0.05) is 6.20 Å². The van der Waals surface area contributed by atoms with Crippen molar-refractivity contribution in [1.82, 2.24) is 10.3 Å². The first-order valence-corrected chi connectivity index (χ1v) is 4.42. The molecular weight excluding hydrogens is 214 g/mol. The number of nitrogen functional groups attached to an aromatic ring is 1. The number of pyridine rings is 1. The third-order valence-electron chi connectivity index (χ3n) is 1.80. The Labute approximate surface area is 90.9 Å². The van der Waals surface area contributed by atoms with Crippen LogP contribution in [0, 0.1) is 0 Å². The molecule has 1 amide bonds. The molecular formula is C9H11N3O4. The number of aliphatic carboxylic acids is 1. The molecule has 0 unspecified atom stereocenters. The molecule has 0 saturated heterocycles. The zero-order chi connectivity index (χ0) is 12.1. The van der Waals surface area contributed by atoms with Crippen LogP contribution in [0.5, 0.6) is 0 Å². The Kier molecular flexibility index (Phi) is 3.78. The monoisotopic (exact) mass is 225 g/mol. The average molecular weight is 225 g/mol. The van der Waals surface area contributed by atoms with Crippen molar-refractivity contribution >= 4 is 17.6 Å². The smallest absolute Gasteiger partial charge is 0.334 e. The van der Waals surface area contributed by atoms with Crippen LogP contribution in [-0.4, -0.2) is 39.7 Å². The van der Waals surface area contributed by atoms with Crippen molar-refractivity contribution in [1.29, 1.82) is 0 Å². The van der Waals surface area contributed by atoms with Crippen LogP contribution >= 0.6 is 0 Å². The SMILES string of the molecule is Nc1cccnc1C(=O)NC[C@H](O)C(=O)O. The van der Waals surface area contributed by atoms with Gasteiger partial charge in [0.1, 0.15) is 0 Å². The number of carbonyl (C=O) groups is 2. The summed E-state index contributed by atoms with van der Waals surface area (Å²) in [7, 11) is 0. The second kappa shape index (κ2) is 5.08. The molecule has 7 heteroatoms. The van der Waals surface area contributed by atoms with Gasteiger partial charge in [-0.3, -0.25) is 4.79 Å². The van der Waals surface area contributed by atoms with E-state index in [0.29, 0.717) is 0 Å². The predicted octanol–water partition coefficient (Wildman–Crippen LogP) is -1.16. The van der Waals surface area contributed by atoms with Gasteiger partial charge in [-0.2, -0.15) is 0 Å². The number of hydrogen-bond donors (Lipinski definition) is 4. The molecule has 5 N–H and O–H groups in total. The highest BCUT2D eigenvalue weighted by Crippen LogP contribution is 2.05. The topological polar surface area (TPSA) is 126 Å². The van der Waals surface area contributed by atoms with Gasteiger partial charge in [-0.1, -0.05) is 0 Å². The van der Waals surface area contributed by atoms with Gasteiger partial charge in [-0.15, -0.1) is 0 Å². The number of carboxylic acids is 1.